The largest absolute Gasteiger partial charge is 0.370 e. The molecule has 138 valence electrons. The lowest BCUT2D eigenvalue weighted by Crippen LogP contribution is -2.45. The van der Waals surface area contributed by atoms with Crippen LogP contribution in [-0.4, -0.2) is 48.6 Å². The molecule has 3 heterocycles. The Morgan fingerprint density at radius 3 is 2.50 bits per heavy atom. The lowest BCUT2D eigenvalue weighted by molar-refractivity contribution is -0.169. The summed E-state index contributed by atoms with van der Waals surface area (Å²) < 4.78 is 11.7. The minimum absolute atomic E-state index is 0.366. The molecule has 1 aromatic carbocycles. The first-order valence-electron chi connectivity index (χ1n) is 9.49. The number of aromatic nitrogens is 2. The van der Waals surface area contributed by atoms with Crippen LogP contribution in [0.25, 0.3) is 11.4 Å². The number of nitrogens with one attached hydrogen (secondary N) is 1. The second-order valence-corrected chi connectivity index (χ2v) is 6.82. The van der Waals surface area contributed by atoms with Crippen LogP contribution in [0.2, 0.25) is 0 Å². The predicted molar refractivity (Wildman–Crippen MR) is 102 cm³/mol. The summed E-state index contributed by atoms with van der Waals surface area (Å²) in [5, 5.41) is 3.41. The smallest absolute Gasteiger partial charge is 0.171 e. The molecule has 2 aliphatic heterocycles. The molecule has 0 unspecified atom stereocenters. The van der Waals surface area contributed by atoms with E-state index in [1.165, 1.54) is 0 Å². The summed E-state index contributed by atoms with van der Waals surface area (Å²) in [6.07, 6.45) is 2.80. The van der Waals surface area contributed by atoms with Crippen molar-refractivity contribution in [2.75, 3.05) is 43.1 Å². The maximum atomic E-state index is 5.84. The summed E-state index contributed by atoms with van der Waals surface area (Å²) in [6, 6.07) is 12.2. The van der Waals surface area contributed by atoms with Crippen molar-refractivity contribution in [1.82, 2.24) is 9.97 Å². The molecule has 2 aliphatic rings. The first-order valence-corrected chi connectivity index (χ1v) is 9.49. The molecule has 6 nitrogen and oxygen atoms in total. The van der Waals surface area contributed by atoms with Crippen molar-refractivity contribution in [2.24, 2.45) is 0 Å². The highest BCUT2D eigenvalue weighted by atomic mass is 16.7. The molecule has 4 rings (SSSR count). The van der Waals surface area contributed by atoms with E-state index < -0.39 is 0 Å². The SMILES string of the molecule is CCCNc1cc(N2CCC3(CC2)OCCO3)nc(-c2ccccc2)n1. The van der Waals surface area contributed by atoms with E-state index in [-0.39, 0.29) is 5.79 Å². The van der Waals surface area contributed by atoms with Gasteiger partial charge < -0.3 is 19.7 Å². The van der Waals surface area contributed by atoms with Gasteiger partial charge in [-0.25, -0.2) is 9.97 Å². The van der Waals surface area contributed by atoms with E-state index in [1.54, 1.807) is 0 Å². The fourth-order valence-corrected chi connectivity index (χ4v) is 3.52. The predicted octanol–water partition coefficient (Wildman–Crippen LogP) is 3.31. The van der Waals surface area contributed by atoms with Gasteiger partial charge in [-0.3, -0.25) is 0 Å². The Kier molecular flexibility index (Phi) is 5.04. The first kappa shape index (κ1) is 17.2. The Morgan fingerprint density at radius 2 is 1.81 bits per heavy atom. The van der Waals surface area contributed by atoms with Crippen LogP contribution >= 0.6 is 0 Å². The number of hydrogen-bond acceptors (Lipinski definition) is 6. The van der Waals surface area contributed by atoms with Gasteiger partial charge in [-0.1, -0.05) is 37.3 Å². The Hall–Kier alpha value is -2.18. The van der Waals surface area contributed by atoms with Gasteiger partial charge in [0.1, 0.15) is 11.6 Å². The normalized spacial score (nSPS) is 19.0. The number of rotatable bonds is 5. The molecule has 0 saturated carbocycles. The average molecular weight is 354 g/mol. The Morgan fingerprint density at radius 1 is 1.08 bits per heavy atom. The molecule has 2 aromatic rings. The average Bonchev–Trinajstić information content (AvgIpc) is 3.15. The van der Waals surface area contributed by atoms with Crippen LogP contribution in [0.4, 0.5) is 11.6 Å². The van der Waals surface area contributed by atoms with Crippen LogP contribution in [0, 0.1) is 0 Å². The summed E-state index contributed by atoms with van der Waals surface area (Å²) in [4.78, 5) is 11.9. The van der Waals surface area contributed by atoms with Crippen LogP contribution < -0.4 is 10.2 Å². The zero-order chi connectivity index (χ0) is 17.8. The number of anilines is 2. The van der Waals surface area contributed by atoms with E-state index in [2.05, 4.69) is 23.2 Å². The van der Waals surface area contributed by atoms with Crippen molar-refractivity contribution in [3.05, 3.63) is 36.4 Å². The second kappa shape index (κ2) is 7.60. The van der Waals surface area contributed by atoms with Crippen molar-refractivity contribution in [3.63, 3.8) is 0 Å². The minimum atomic E-state index is -0.366. The van der Waals surface area contributed by atoms with Crippen molar-refractivity contribution in [2.45, 2.75) is 32.0 Å². The van der Waals surface area contributed by atoms with Gasteiger partial charge in [-0.2, -0.15) is 0 Å². The number of piperidine rings is 1. The molecule has 0 bridgehead atoms. The summed E-state index contributed by atoms with van der Waals surface area (Å²) >= 11 is 0. The highest BCUT2D eigenvalue weighted by Gasteiger charge is 2.40. The molecule has 2 fully saturated rings. The molecular weight excluding hydrogens is 328 g/mol. The molecule has 26 heavy (non-hydrogen) atoms. The summed E-state index contributed by atoms with van der Waals surface area (Å²) in [5.41, 5.74) is 1.03. The molecule has 2 saturated heterocycles. The third-order valence-electron chi connectivity index (χ3n) is 4.96. The Balaban J connectivity index is 1.58. The lowest BCUT2D eigenvalue weighted by Gasteiger charge is -2.38. The van der Waals surface area contributed by atoms with Gasteiger partial charge in [-0.15, -0.1) is 0 Å². The van der Waals surface area contributed by atoms with E-state index in [9.17, 15) is 0 Å². The van der Waals surface area contributed by atoms with Gasteiger partial charge in [0.05, 0.1) is 13.2 Å². The second-order valence-electron chi connectivity index (χ2n) is 6.82. The molecule has 0 radical (unpaired) electrons. The van der Waals surface area contributed by atoms with Gasteiger partial charge in [0.2, 0.25) is 0 Å². The zero-order valence-electron chi connectivity index (χ0n) is 15.3. The third-order valence-corrected chi connectivity index (χ3v) is 4.96. The van der Waals surface area contributed by atoms with E-state index in [1.807, 2.05) is 30.3 Å². The van der Waals surface area contributed by atoms with E-state index >= 15 is 0 Å². The number of hydrogen-bond donors (Lipinski definition) is 1. The van der Waals surface area contributed by atoms with Crippen LogP contribution in [0.3, 0.4) is 0 Å². The number of nitrogens with zero attached hydrogens (tertiary/aromatic N) is 3. The molecule has 6 heteroatoms. The summed E-state index contributed by atoms with van der Waals surface area (Å²) in [7, 11) is 0. The van der Waals surface area contributed by atoms with E-state index in [0.717, 1.165) is 61.9 Å². The van der Waals surface area contributed by atoms with Gasteiger partial charge in [0.15, 0.2) is 11.6 Å². The van der Waals surface area contributed by atoms with Gasteiger partial charge in [0.25, 0.3) is 0 Å². The molecule has 1 aromatic heterocycles. The molecule has 0 atom stereocenters. The summed E-state index contributed by atoms with van der Waals surface area (Å²) in [5.74, 6) is 2.24. The van der Waals surface area contributed by atoms with Crippen molar-refractivity contribution in [1.29, 1.82) is 0 Å². The number of ether oxygens (including phenoxy) is 2. The van der Waals surface area contributed by atoms with Crippen molar-refractivity contribution < 1.29 is 9.47 Å². The van der Waals surface area contributed by atoms with Gasteiger partial charge in [0, 0.05) is 44.1 Å². The lowest BCUT2D eigenvalue weighted by atomic mass is 10.0. The number of benzene rings is 1. The van der Waals surface area contributed by atoms with Crippen molar-refractivity contribution in [3.8, 4) is 11.4 Å². The monoisotopic (exact) mass is 354 g/mol. The topological polar surface area (TPSA) is 59.5 Å². The van der Waals surface area contributed by atoms with Crippen molar-refractivity contribution >= 4 is 11.6 Å². The van der Waals surface area contributed by atoms with Crippen LogP contribution in [0.1, 0.15) is 26.2 Å². The van der Waals surface area contributed by atoms with E-state index in [0.29, 0.717) is 13.2 Å². The van der Waals surface area contributed by atoms with Gasteiger partial charge >= 0.3 is 0 Å². The maximum Gasteiger partial charge on any atom is 0.171 e. The van der Waals surface area contributed by atoms with Gasteiger partial charge in [-0.05, 0) is 6.42 Å². The van der Waals surface area contributed by atoms with Crippen LogP contribution in [0.15, 0.2) is 36.4 Å². The zero-order valence-corrected chi connectivity index (χ0v) is 15.3. The maximum absolute atomic E-state index is 5.84. The van der Waals surface area contributed by atoms with Crippen LogP contribution in [-0.2, 0) is 9.47 Å². The third kappa shape index (κ3) is 3.66. The Labute approximate surface area is 154 Å². The fourth-order valence-electron chi connectivity index (χ4n) is 3.52. The standard InChI is InChI=1S/C20H26N4O2/c1-2-10-21-17-15-18(23-19(22-17)16-6-4-3-5-7-16)24-11-8-20(9-12-24)25-13-14-26-20/h3-7,15H,2,8-14H2,1H3,(H,21,22,23). The molecule has 1 N–H and O–H groups in total. The quantitative estimate of drug-likeness (QED) is 0.889. The molecule has 1 spiro atoms. The first-order chi connectivity index (χ1) is 12.8. The van der Waals surface area contributed by atoms with Crippen LogP contribution in [0.5, 0.6) is 0 Å². The fraction of sp³-hybridized carbons (Fsp3) is 0.500. The minimum Gasteiger partial charge on any atom is -0.370 e. The highest BCUT2D eigenvalue weighted by Crippen LogP contribution is 2.33. The molecular formula is C20H26N4O2. The molecule has 0 aliphatic carbocycles. The highest BCUT2D eigenvalue weighted by molar-refractivity contribution is 5.61. The molecule has 0 amide bonds. The van der Waals surface area contributed by atoms with E-state index in [4.69, 9.17) is 19.4 Å². The Bertz CT molecular complexity index is 722. The summed E-state index contributed by atoms with van der Waals surface area (Å²) in [6.45, 7) is 6.21.